The first-order valence-electron chi connectivity index (χ1n) is 12.7. The average molecular weight is 598 g/mol. The van der Waals surface area contributed by atoms with Gasteiger partial charge in [0.25, 0.3) is 15.9 Å². The number of amides is 1. The number of sulfonamides is 1. The Morgan fingerprint density at radius 1 is 0.857 bits per heavy atom. The third-order valence-corrected chi connectivity index (χ3v) is 7.92. The van der Waals surface area contributed by atoms with Crippen molar-refractivity contribution in [3.05, 3.63) is 136 Å². The molecule has 5 aromatic rings. The molecule has 0 fully saturated rings. The van der Waals surface area contributed by atoms with Crippen molar-refractivity contribution in [1.29, 1.82) is 0 Å². The summed E-state index contributed by atoms with van der Waals surface area (Å²) in [7, 11) is -3.99. The number of hydrogen-bond acceptors (Lipinski definition) is 6. The molecule has 8 nitrogen and oxygen atoms in total. The lowest BCUT2D eigenvalue weighted by Crippen LogP contribution is -2.21. The second kappa shape index (κ2) is 12.3. The van der Waals surface area contributed by atoms with Gasteiger partial charge in [0.2, 0.25) is 0 Å². The number of rotatable bonds is 8. The molecule has 0 aliphatic carbocycles. The van der Waals surface area contributed by atoms with Crippen molar-refractivity contribution in [3.8, 4) is 5.75 Å². The van der Waals surface area contributed by atoms with Gasteiger partial charge < -0.3 is 4.74 Å². The Morgan fingerprint density at radius 2 is 1.60 bits per heavy atom. The summed E-state index contributed by atoms with van der Waals surface area (Å²) < 4.78 is 34.0. The number of esters is 1. The third kappa shape index (κ3) is 6.49. The van der Waals surface area contributed by atoms with Crippen LogP contribution < -0.4 is 14.9 Å². The van der Waals surface area contributed by atoms with Crippen LogP contribution >= 0.6 is 11.6 Å². The zero-order valence-electron chi connectivity index (χ0n) is 22.2. The number of carbonyl (C=O) groups is 2. The van der Waals surface area contributed by atoms with Gasteiger partial charge in [0.15, 0.2) is 0 Å². The summed E-state index contributed by atoms with van der Waals surface area (Å²) in [4.78, 5) is 26.0. The monoisotopic (exact) mass is 597 g/mol. The highest BCUT2D eigenvalue weighted by atomic mass is 35.5. The van der Waals surface area contributed by atoms with Crippen molar-refractivity contribution in [3.63, 3.8) is 0 Å². The van der Waals surface area contributed by atoms with Crippen LogP contribution in [-0.2, 0) is 10.0 Å². The van der Waals surface area contributed by atoms with E-state index < -0.39 is 21.9 Å². The van der Waals surface area contributed by atoms with E-state index >= 15 is 0 Å². The molecule has 0 unspecified atom stereocenters. The number of nitrogens with one attached hydrogen (secondary N) is 2. The van der Waals surface area contributed by atoms with Gasteiger partial charge in [-0.15, -0.1) is 0 Å². The van der Waals surface area contributed by atoms with Gasteiger partial charge in [0.05, 0.1) is 27.9 Å². The lowest BCUT2D eigenvalue weighted by molar-refractivity contribution is 0.0734. The van der Waals surface area contributed by atoms with E-state index in [2.05, 4.69) is 15.2 Å². The highest BCUT2D eigenvalue weighted by Crippen LogP contribution is 2.28. The molecule has 1 amide bonds. The number of nitrogens with zero attached hydrogens (tertiary/aromatic N) is 1. The maximum Gasteiger partial charge on any atom is 0.343 e. The molecule has 2 N–H and O–H groups in total. The van der Waals surface area contributed by atoms with Gasteiger partial charge in [-0.1, -0.05) is 71.8 Å². The molecule has 0 aliphatic rings. The van der Waals surface area contributed by atoms with E-state index in [4.69, 9.17) is 16.3 Å². The maximum absolute atomic E-state index is 13.1. The van der Waals surface area contributed by atoms with Gasteiger partial charge in [0.1, 0.15) is 5.75 Å². The van der Waals surface area contributed by atoms with E-state index in [0.29, 0.717) is 16.1 Å². The maximum atomic E-state index is 13.1. The third-order valence-electron chi connectivity index (χ3n) is 6.29. The Bertz CT molecular complexity index is 1940. The normalized spacial score (nSPS) is 11.4. The molecule has 0 aliphatic heterocycles. The SMILES string of the molecule is Cc1cccc(C(=O)Oc2ccc3ccccc3c2/C=N/NC(=O)c2ccccc2NS(=O)(=O)c2ccc(Cl)cc2)c1. The van der Waals surface area contributed by atoms with E-state index in [0.717, 1.165) is 16.3 Å². The van der Waals surface area contributed by atoms with Crippen LogP contribution in [0.15, 0.2) is 119 Å². The number of anilines is 1. The Labute approximate surface area is 247 Å². The van der Waals surface area contributed by atoms with Crippen molar-refractivity contribution >= 4 is 56.2 Å². The molecular weight excluding hydrogens is 574 g/mol. The molecule has 210 valence electrons. The minimum absolute atomic E-state index is 0.0103. The summed E-state index contributed by atoms with van der Waals surface area (Å²) in [5.41, 5.74) is 4.36. The standard InChI is InChI=1S/C32H24ClN3O5S/c1-21-7-6-9-23(19-21)32(38)41-30-18-13-22-8-2-3-10-26(22)28(30)20-34-35-31(37)27-11-4-5-12-29(27)36-42(39,40)25-16-14-24(33)15-17-25/h2-20,36H,1H3,(H,35,37)/b34-20+. The number of carbonyl (C=O) groups excluding carboxylic acids is 2. The molecule has 0 heterocycles. The minimum Gasteiger partial charge on any atom is -0.422 e. The zero-order chi connectivity index (χ0) is 29.7. The van der Waals surface area contributed by atoms with Crippen molar-refractivity contribution in [2.24, 2.45) is 5.10 Å². The highest BCUT2D eigenvalue weighted by molar-refractivity contribution is 7.92. The first-order chi connectivity index (χ1) is 20.2. The average Bonchev–Trinajstić information content (AvgIpc) is 2.98. The first-order valence-corrected chi connectivity index (χ1v) is 14.6. The minimum atomic E-state index is -3.99. The lowest BCUT2D eigenvalue weighted by atomic mass is 10.0. The number of ether oxygens (including phenoxy) is 1. The zero-order valence-corrected chi connectivity index (χ0v) is 23.8. The van der Waals surface area contributed by atoms with E-state index in [9.17, 15) is 18.0 Å². The van der Waals surface area contributed by atoms with Crippen LogP contribution in [0, 0.1) is 6.92 Å². The Balaban J connectivity index is 1.40. The lowest BCUT2D eigenvalue weighted by Gasteiger charge is -2.12. The molecule has 0 spiro atoms. The topological polar surface area (TPSA) is 114 Å². The molecule has 0 atom stereocenters. The number of hydrazone groups is 1. The fourth-order valence-electron chi connectivity index (χ4n) is 4.23. The van der Waals surface area contributed by atoms with Crippen LogP contribution in [-0.4, -0.2) is 26.5 Å². The van der Waals surface area contributed by atoms with E-state index in [1.165, 1.54) is 42.6 Å². The first kappa shape index (κ1) is 28.5. The number of aryl methyl sites for hydroxylation is 1. The van der Waals surface area contributed by atoms with E-state index in [-0.39, 0.29) is 21.9 Å². The summed E-state index contributed by atoms with van der Waals surface area (Å²) in [6.45, 7) is 1.88. The summed E-state index contributed by atoms with van der Waals surface area (Å²) in [6.07, 6.45) is 1.39. The van der Waals surface area contributed by atoms with Crippen molar-refractivity contribution in [2.45, 2.75) is 11.8 Å². The molecule has 0 saturated heterocycles. The molecule has 42 heavy (non-hydrogen) atoms. The van der Waals surface area contributed by atoms with Gasteiger partial charge in [0, 0.05) is 10.6 Å². The van der Waals surface area contributed by atoms with Crippen LogP contribution in [0.25, 0.3) is 10.8 Å². The second-order valence-electron chi connectivity index (χ2n) is 9.26. The Morgan fingerprint density at radius 3 is 2.38 bits per heavy atom. The fraction of sp³-hybridized carbons (Fsp3) is 0.0312. The molecule has 0 saturated carbocycles. The quantitative estimate of drug-likeness (QED) is 0.0907. The number of para-hydroxylation sites is 1. The number of benzene rings is 5. The molecule has 0 bridgehead atoms. The molecular formula is C32H24ClN3O5S. The highest BCUT2D eigenvalue weighted by Gasteiger charge is 2.19. The van der Waals surface area contributed by atoms with E-state index in [1.807, 2.05) is 43.3 Å². The number of halogens is 1. The van der Waals surface area contributed by atoms with Crippen LogP contribution in [0.1, 0.15) is 31.8 Å². The van der Waals surface area contributed by atoms with Gasteiger partial charge in [-0.05, 0) is 72.3 Å². The van der Waals surface area contributed by atoms with Gasteiger partial charge in [-0.3, -0.25) is 9.52 Å². The Kier molecular flexibility index (Phi) is 8.33. The summed E-state index contributed by atoms with van der Waals surface area (Å²) in [5, 5.41) is 6.14. The summed E-state index contributed by atoms with van der Waals surface area (Å²) in [6, 6.07) is 29.8. The van der Waals surface area contributed by atoms with Crippen molar-refractivity contribution in [2.75, 3.05) is 4.72 Å². The molecule has 0 aromatic heterocycles. The molecule has 5 aromatic carbocycles. The molecule has 0 radical (unpaired) electrons. The van der Waals surface area contributed by atoms with Gasteiger partial charge >= 0.3 is 5.97 Å². The van der Waals surface area contributed by atoms with Crippen LogP contribution in [0.4, 0.5) is 5.69 Å². The van der Waals surface area contributed by atoms with Gasteiger partial charge in [-0.25, -0.2) is 18.6 Å². The smallest absolute Gasteiger partial charge is 0.343 e. The molecule has 10 heteroatoms. The predicted octanol–water partition coefficient (Wildman–Crippen LogP) is 6.59. The number of fused-ring (bicyclic) bond motifs is 1. The van der Waals surface area contributed by atoms with Crippen LogP contribution in [0.2, 0.25) is 5.02 Å². The Hall–Kier alpha value is -4.99. The van der Waals surface area contributed by atoms with E-state index in [1.54, 1.807) is 36.4 Å². The second-order valence-corrected chi connectivity index (χ2v) is 11.4. The fourth-order valence-corrected chi connectivity index (χ4v) is 5.44. The number of hydrogen-bond donors (Lipinski definition) is 2. The van der Waals surface area contributed by atoms with Crippen LogP contribution in [0.3, 0.4) is 0 Å². The summed E-state index contributed by atoms with van der Waals surface area (Å²) >= 11 is 5.88. The van der Waals surface area contributed by atoms with Gasteiger partial charge in [-0.2, -0.15) is 5.10 Å². The predicted molar refractivity (Wildman–Crippen MR) is 164 cm³/mol. The van der Waals surface area contributed by atoms with Crippen LogP contribution in [0.5, 0.6) is 5.75 Å². The molecule has 5 rings (SSSR count). The summed E-state index contributed by atoms with van der Waals surface area (Å²) in [5.74, 6) is -0.928. The van der Waals surface area contributed by atoms with Crippen molar-refractivity contribution < 1.29 is 22.7 Å². The van der Waals surface area contributed by atoms with Crippen molar-refractivity contribution in [1.82, 2.24) is 5.43 Å². The largest absolute Gasteiger partial charge is 0.422 e.